The van der Waals surface area contributed by atoms with Crippen LogP contribution in [0.1, 0.15) is 17.3 Å². The van der Waals surface area contributed by atoms with Crippen molar-refractivity contribution >= 4 is 40.9 Å². The normalized spacial score (nSPS) is 32.3. The van der Waals surface area contributed by atoms with Crippen molar-refractivity contribution in [3.05, 3.63) is 22.4 Å². The molecule has 0 bridgehead atoms. The zero-order chi connectivity index (χ0) is 17.5. The third-order valence-electron chi connectivity index (χ3n) is 4.97. The third-order valence-corrected chi connectivity index (χ3v) is 6.54. The number of ether oxygens (including phenoxy) is 1. The molecular weight excluding hydrogens is 348 g/mol. The Balaban J connectivity index is 2.10. The second-order valence-electron chi connectivity index (χ2n) is 6.08. The lowest BCUT2D eigenvalue weighted by Gasteiger charge is -2.31. The maximum absolute atomic E-state index is 12.8. The van der Waals surface area contributed by atoms with E-state index in [0.717, 1.165) is 9.78 Å². The van der Waals surface area contributed by atoms with Crippen molar-refractivity contribution in [1.82, 2.24) is 10.2 Å². The van der Waals surface area contributed by atoms with E-state index in [0.29, 0.717) is 12.2 Å². The van der Waals surface area contributed by atoms with Crippen molar-refractivity contribution in [2.24, 2.45) is 11.8 Å². The van der Waals surface area contributed by atoms with E-state index in [1.54, 1.807) is 11.8 Å². The zero-order valence-corrected chi connectivity index (χ0v) is 15.4. The fourth-order valence-corrected chi connectivity index (χ4v) is 5.17. The van der Waals surface area contributed by atoms with Crippen molar-refractivity contribution in [1.29, 1.82) is 0 Å². The number of imide groups is 1. The van der Waals surface area contributed by atoms with Crippen molar-refractivity contribution in [3.63, 3.8) is 0 Å². The highest BCUT2D eigenvalue weighted by Gasteiger charge is 2.68. The van der Waals surface area contributed by atoms with Gasteiger partial charge in [-0.25, -0.2) is 0 Å². The highest BCUT2D eigenvalue weighted by molar-refractivity contribution is 7.98. The number of thioether (sulfide) groups is 1. The lowest BCUT2D eigenvalue weighted by atomic mass is 9.78. The molecule has 0 aliphatic carbocycles. The topological polar surface area (TPSA) is 75.7 Å². The molecule has 2 amide bonds. The summed E-state index contributed by atoms with van der Waals surface area (Å²) in [5.74, 6) is -1.60. The highest BCUT2D eigenvalue weighted by Crippen LogP contribution is 2.50. The lowest BCUT2D eigenvalue weighted by molar-refractivity contribution is -0.154. The molecule has 2 aliphatic heterocycles. The number of hydrogen-bond donors (Lipinski definition) is 1. The van der Waals surface area contributed by atoms with Crippen molar-refractivity contribution in [2.45, 2.75) is 18.0 Å². The lowest BCUT2D eigenvalue weighted by Crippen LogP contribution is -2.56. The molecule has 0 saturated carbocycles. The van der Waals surface area contributed by atoms with E-state index in [4.69, 9.17) is 4.74 Å². The number of likely N-dealkylation sites (tertiary alicyclic amines) is 1. The van der Waals surface area contributed by atoms with E-state index in [2.05, 4.69) is 5.32 Å². The minimum Gasteiger partial charge on any atom is -0.468 e. The summed E-state index contributed by atoms with van der Waals surface area (Å²) < 4.78 is 5.04. The van der Waals surface area contributed by atoms with Gasteiger partial charge in [0.25, 0.3) is 0 Å². The van der Waals surface area contributed by atoms with Crippen LogP contribution in [-0.4, -0.2) is 54.4 Å². The van der Waals surface area contributed by atoms with Crippen LogP contribution >= 0.6 is 23.1 Å². The first-order chi connectivity index (χ1) is 11.5. The molecule has 2 aliphatic rings. The first-order valence-corrected chi connectivity index (χ1v) is 9.95. The van der Waals surface area contributed by atoms with Gasteiger partial charge >= 0.3 is 5.97 Å². The molecule has 3 rings (SSSR count). The molecule has 1 aromatic heterocycles. The predicted molar refractivity (Wildman–Crippen MR) is 92.7 cm³/mol. The van der Waals surface area contributed by atoms with Gasteiger partial charge in [0.05, 0.1) is 25.0 Å². The fourth-order valence-electron chi connectivity index (χ4n) is 3.82. The smallest absolute Gasteiger partial charge is 0.326 e. The number of methoxy groups -OCH3 is 1. The summed E-state index contributed by atoms with van der Waals surface area (Å²) in [6.07, 6.45) is 2.39. The number of hydrogen-bond acceptors (Lipinski definition) is 7. The maximum atomic E-state index is 12.8. The molecule has 0 unspecified atom stereocenters. The van der Waals surface area contributed by atoms with Crippen LogP contribution in [0.3, 0.4) is 0 Å². The number of carbonyl (C=O) groups excluding carboxylic acids is 3. The van der Waals surface area contributed by atoms with Crippen LogP contribution in [0.2, 0.25) is 0 Å². The Hall–Kier alpha value is -1.38. The Morgan fingerprint density at radius 1 is 1.46 bits per heavy atom. The van der Waals surface area contributed by atoms with Gasteiger partial charge in [-0.05, 0) is 29.9 Å². The molecular formula is C16H20N2O4S2. The molecule has 24 heavy (non-hydrogen) atoms. The molecule has 130 valence electrons. The number of esters is 1. The summed E-state index contributed by atoms with van der Waals surface area (Å²) in [5, 5.41) is 5.26. The summed E-state index contributed by atoms with van der Waals surface area (Å²) >= 11 is 3.11. The summed E-state index contributed by atoms with van der Waals surface area (Å²) in [4.78, 5) is 40.3. The third kappa shape index (κ3) is 2.39. The van der Waals surface area contributed by atoms with Gasteiger partial charge in [-0.3, -0.25) is 24.6 Å². The number of nitrogens with one attached hydrogen (secondary N) is 1. The minimum absolute atomic E-state index is 0.231. The Kier molecular flexibility index (Phi) is 4.72. The zero-order valence-electron chi connectivity index (χ0n) is 13.8. The van der Waals surface area contributed by atoms with Crippen molar-refractivity contribution in [3.8, 4) is 0 Å². The van der Waals surface area contributed by atoms with Crippen molar-refractivity contribution < 1.29 is 19.1 Å². The number of rotatable bonds is 5. The monoisotopic (exact) mass is 368 g/mol. The Labute approximate surface area is 148 Å². The average Bonchev–Trinajstić information content (AvgIpc) is 3.27. The van der Waals surface area contributed by atoms with E-state index in [9.17, 15) is 14.4 Å². The minimum atomic E-state index is -1.16. The van der Waals surface area contributed by atoms with Crippen LogP contribution < -0.4 is 5.32 Å². The Morgan fingerprint density at radius 2 is 2.21 bits per heavy atom. The van der Waals surface area contributed by atoms with Crippen LogP contribution in [0.15, 0.2) is 17.5 Å². The van der Waals surface area contributed by atoms with Crippen LogP contribution in [0.25, 0.3) is 0 Å². The second-order valence-corrected chi connectivity index (χ2v) is 8.05. The second kappa shape index (κ2) is 6.50. The van der Waals surface area contributed by atoms with Gasteiger partial charge in [0, 0.05) is 11.9 Å². The van der Waals surface area contributed by atoms with Gasteiger partial charge in [-0.15, -0.1) is 11.3 Å². The fraction of sp³-hybridized carbons (Fsp3) is 0.562. The summed E-state index contributed by atoms with van der Waals surface area (Å²) in [6, 6.07) is 3.48. The van der Waals surface area contributed by atoms with Crippen molar-refractivity contribution in [2.75, 3.05) is 26.2 Å². The molecule has 6 nitrogen and oxygen atoms in total. The number of thiophene rings is 1. The van der Waals surface area contributed by atoms with Gasteiger partial charge in [0.1, 0.15) is 5.54 Å². The molecule has 4 atom stereocenters. The quantitative estimate of drug-likeness (QED) is 0.623. The number of nitrogens with zero attached hydrogens (tertiary/aromatic N) is 1. The van der Waals surface area contributed by atoms with Gasteiger partial charge < -0.3 is 4.74 Å². The van der Waals surface area contributed by atoms with Gasteiger partial charge in [0.15, 0.2) is 0 Å². The van der Waals surface area contributed by atoms with E-state index in [1.807, 2.05) is 23.8 Å². The van der Waals surface area contributed by atoms with E-state index < -0.39 is 23.3 Å². The molecule has 1 N–H and O–H groups in total. The van der Waals surface area contributed by atoms with E-state index >= 15 is 0 Å². The van der Waals surface area contributed by atoms with Crippen LogP contribution in [0, 0.1) is 11.8 Å². The molecule has 2 fully saturated rings. The van der Waals surface area contributed by atoms with Gasteiger partial charge in [-0.2, -0.15) is 11.8 Å². The SMILES string of the molecule is COC(=O)[C@]1(CCSC)N[C@@H](c2cccs2)[C@@H]2C(=O)N(C)C(=O)[C@H]21. The predicted octanol–water partition coefficient (Wildman–Crippen LogP) is 1.29. The summed E-state index contributed by atoms with van der Waals surface area (Å²) in [7, 11) is 2.81. The van der Waals surface area contributed by atoms with Crippen LogP contribution in [0.5, 0.6) is 0 Å². The largest absolute Gasteiger partial charge is 0.468 e. The van der Waals surface area contributed by atoms with Gasteiger partial charge in [-0.1, -0.05) is 6.07 Å². The molecule has 1 aromatic rings. The number of carbonyl (C=O) groups is 3. The van der Waals surface area contributed by atoms with Crippen LogP contribution in [-0.2, 0) is 19.1 Å². The highest BCUT2D eigenvalue weighted by atomic mass is 32.2. The first kappa shape index (κ1) is 17.4. The summed E-state index contributed by atoms with van der Waals surface area (Å²) in [6.45, 7) is 0. The van der Waals surface area contributed by atoms with E-state index in [1.165, 1.54) is 25.5 Å². The summed E-state index contributed by atoms with van der Waals surface area (Å²) in [5.41, 5.74) is -1.16. The average molecular weight is 368 g/mol. The molecule has 2 saturated heterocycles. The molecule has 8 heteroatoms. The van der Waals surface area contributed by atoms with Crippen LogP contribution in [0.4, 0.5) is 0 Å². The Bertz CT molecular complexity index is 663. The number of fused-ring (bicyclic) bond motifs is 1. The Morgan fingerprint density at radius 3 is 2.79 bits per heavy atom. The standard InChI is InChI=1S/C16H20N2O4S2/c1-18-13(19)10-11(14(18)20)16(6-8-23-3,15(21)22-2)17-12(10)9-5-4-7-24-9/h4-5,7,10-12,17H,6,8H2,1-3H3/t10-,11+,12+,16-/m1/s1. The first-order valence-electron chi connectivity index (χ1n) is 7.67. The molecule has 0 radical (unpaired) electrons. The number of amides is 2. The molecule has 0 aromatic carbocycles. The van der Waals surface area contributed by atoms with E-state index in [-0.39, 0.29) is 17.9 Å². The molecule has 3 heterocycles. The van der Waals surface area contributed by atoms with Gasteiger partial charge in [0.2, 0.25) is 11.8 Å². The maximum Gasteiger partial charge on any atom is 0.326 e. The molecule has 0 spiro atoms.